The van der Waals surface area contributed by atoms with Gasteiger partial charge in [0.2, 0.25) is 0 Å². The fourth-order valence-corrected chi connectivity index (χ4v) is 5.39. The van der Waals surface area contributed by atoms with Crippen molar-refractivity contribution < 1.29 is 23.4 Å². The van der Waals surface area contributed by atoms with Crippen molar-refractivity contribution in [2.45, 2.75) is 45.4 Å². The van der Waals surface area contributed by atoms with Gasteiger partial charge < -0.3 is 14.2 Å². The Kier molecular flexibility index (Phi) is 5.44. The van der Waals surface area contributed by atoms with Gasteiger partial charge in [0.1, 0.15) is 30.3 Å². The summed E-state index contributed by atoms with van der Waals surface area (Å²) in [4.78, 5) is 15.1. The van der Waals surface area contributed by atoms with Crippen LogP contribution in [-0.4, -0.2) is 43.2 Å². The van der Waals surface area contributed by atoms with Crippen LogP contribution in [0.15, 0.2) is 30.3 Å². The Morgan fingerprint density at radius 1 is 1.19 bits per heavy atom. The molecular weight excluding hydrogens is 397 g/mol. The molecule has 2 aromatic rings. The number of hydrogen-bond donors (Lipinski definition) is 0. The maximum absolute atomic E-state index is 14.0. The van der Waals surface area contributed by atoms with Gasteiger partial charge in [0, 0.05) is 30.1 Å². The number of carbonyl (C=O) groups excluding carboxylic acids is 1. The topological polar surface area (TPSA) is 48.0 Å². The van der Waals surface area contributed by atoms with Crippen molar-refractivity contribution in [1.29, 1.82) is 0 Å². The molecule has 0 radical (unpaired) electrons. The Morgan fingerprint density at radius 2 is 1.97 bits per heavy atom. The quantitative estimate of drug-likeness (QED) is 0.696. The van der Waals surface area contributed by atoms with Crippen LogP contribution < -0.4 is 4.74 Å². The monoisotopic (exact) mass is 425 g/mol. The maximum Gasteiger partial charge on any atom is 0.324 e. The molecule has 0 aromatic heterocycles. The number of fused-ring (bicyclic) bond motifs is 3. The molecule has 0 spiro atoms. The second-order valence-corrected chi connectivity index (χ2v) is 8.74. The van der Waals surface area contributed by atoms with Crippen molar-refractivity contribution in [3.63, 3.8) is 0 Å². The van der Waals surface area contributed by atoms with E-state index in [-0.39, 0.29) is 36.5 Å². The van der Waals surface area contributed by atoms with Gasteiger partial charge in [0.15, 0.2) is 0 Å². The van der Waals surface area contributed by atoms with E-state index < -0.39 is 0 Å². The van der Waals surface area contributed by atoms with Gasteiger partial charge in [0.25, 0.3) is 0 Å². The van der Waals surface area contributed by atoms with Crippen molar-refractivity contribution >= 4 is 5.97 Å². The van der Waals surface area contributed by atoms with E-state index in [4.69, 9.17) is 14.2 Å². The number of halogens is 1. The molecule has 2 saturated heterocycles. The van der Waals surface area contributed by atoms with E-state index >= 15 is 0 Å². The number of nitrogens with zero attached hydrogens (tertiary/aromatic N) is 1. The smallest absolute Gasteiger partial charge is 0.324 e. The number of benzene rings is 2. The number of rotatable bonds is 4. The molecule has 164 valence electrons. The second kappa shape index (κ2) is 8.24. The summed E-state index contributed by atoms with van der Waals surface area (Å²) in [5, 5.41) is 0. The lowest BCUT2D eigenvalue weighted by atomic mass is 9.75. The summed E-state index contributed by atoms with van der Waals surface area (Å²) in [7, 11) is 0. The Morgan fingerprint density at radius 3 is 2.74 bits per heavy atom. The number of morpholine rings is 1. The van der Waals surface area contributed by atoms with Crippen molar-refractivity contribution in [3.8, 4) is 5.75 Å². The van der Waals surface area contributed by atoms with E-state index in [1.807, 2.05) is 13.0 Å². The lowest BCUT2D eigenvalue weighted by Gasteiger charge is -2.36. The summed E-state index contributed by atoms with van der Waals surface area (Å²) in [5.74, 6) is 0.469. The third-order valence-electron chi connectivity index (χ3n) is 6.99. The fourth-order valence-electron chi connectivity index (χ4n) is 5.39. The van der Waals surface area contributed by atoms with Crippen LogP contribution in [0.2, 0.25) is 0 Å². The summed E-state index contributed by atoms with van der Waals surface area (Å²) >= 11 is 0. The molecule has 31 heavy (non-hydrogen) atoms. The van der Waals surface area contributed by atoms with Crippen LogP contribution in [0.3, 0.4) is 0 Å². The summed E-state index contributed by atoms with van der Waals surface area (Å²) < 4.78 is 31.6. The molecule has 1 unspecified atom stereocenters. The molecule has 2 heterocycles. The van der Waals surface area contributed by atoms with Gasteiger partial charge in [-0.2, -0.15) is 0 Å². The number of carbonyl (C=O) groups is 1. The highest BCUT2D eigenvalue weighted by molar-refractivity contribution is 5.79. The van der Waals surface area contributed by atoms with Gasteiger partial charge in [-0.15, -0.1) is 0 Å². The third kappa shape index (κ3) is 3.62. The van der Waals surface area contributed by atoms with Crippen molar-refractivity contribution in [2.75, 3.05) is 26.3 Å². The number of hydrogen-bond acceptors (Lipinski definition) is 5. The highest BCUT2D eigenvalue weighted by atomic mass is 19.1. The molecule has 0 N–H and O–H groups in total. The molecule has 5 nitrogen and oxygen atoms in total. The summed E-state index contributed by atoms with van der Waals surface area (Å²) in [6.07, 6.45) is 1.61. The first-order valence-electron chi connectivity index (χ1n) is 11.1. The summed E-state index contributed by atoms with van der Waals surface area (Å²) in [6.45, 7) is 7.10. The van der Waals surface area contributed by atoms with E-state index in [2.05, 4.69) is 11.8 Å². The first-order chi connectivity index (χ1) is 15.0. The van der Waals surface area contributed by atoms with E-state index in [0.29, 0.717) is 18.8 Å². The first kappa shape index (κ1) is 20.5. The fraction of sp³-hybridized carbons (Fsp3) is 0.480. The molecule has 1 aliphatic carbocycles. The van der Waals surface area contributed by atoms with Crippen molar-refractivity contribution in [1.82, 2.24) is 4.90 Å². The molecular formula is C25H28FNO4. The van der Waals surface area contributed by atoms with Crippen LogP contribution >= 0.6 is 0 Å². The Hall–Kier alpha value is -2.44. The lowest BCUT2D eigenvalue weighted by Crippen LogP contribution is -2.49. The number of aryl methyl sites for hydroxylation is 1. The van der Waals surface area contributed by atoms with Gasteiger partial charge in [0.05, 0.1) is 13.2 Å². The predicted octanol–water partition coefficient (Wildman–Crippen LogP) is 3.88. The molecule has 6 heteroatoms. The van der Waals surface area contributed by atoms with Crippen LogP contribution in [0.4, 0.5) is 4.39 Å². The van der Waals surface area contributed by atoms with Crippen LogP contribution in [0.25, 0.3) is 0 Å². The highest BCUT2D eigenvalue weighted by Gasteiger charge is 2.51. The molecule has 5 rings (SSSR count). The lowest BCUT2D eigenvalue weighted by molar-refractivity contribution is -0.146. The molecule has 2 aliphatic heterocycles. The Balaban J connectivity index is 1.45. The number of ether oxygens (including phenoxy) is 3. The first-order valence-corrected chi connectivity index (χ1v) is 11.1. The van der Waals surface area contributed by atoms with Crippen molar-refractivity contribution in [3.05, 3.63) is 64.0 Å². The van der Waals surface area contributed by atoms with Gasteiger partial charge in [-0.05, 0) is 55.5 Å². The predicted molar refractivity (Wildman–Crippen MR) is 113 cm³/mol. The van der Waals surface area contributed by atoms with E-state index in [1.165, 1.54) is 11.6 Å². The van der Waals surface area contributed by atoms with E-state index in [0.717, 1.165) is 48.4 Å². The zero-order chi connectivity index (χ0) is 21.5. The molecule has 3 aliphatic rings. The normalized spacial score (nSPS) is 25.6. The minimum atomic E-state index is -0.270. The largest absolute Gasteiger partial charge is 0.489 e. The van der Waals surface area contributed by atoms with Gasteiger partial charge in [-0.25, -0.2) is 4.39 Å². The van der Waals surface area contributed by atoms with Crippen molar-refractivity contribution in [2.24, 2.45) is 5.92 Å². The van der Waals surface area contributed by atoms with Gasteiger partial charge in [-0.3, -0.25) is 9.69 Å². The third-order valence-corrected chi connectivity index (χ3v) is 6.99. The summed E-state index contributed by atoms with van der Waals surface area (Å²) in [5.41, 5.74) is 4.99. The van der Waals surface area contributed by atoms with Gasteiger partial charge >= 0.3 is 5.97 Å². The standard InChI is InChI=1S/C25H28FNO4/c1-15-13-21(30-14-17-5-3-4-6-20(17)26)16(2)22-18(15)7-8-19-23(25(28)31-24(19)22)27-9-11-29-12-10-27/h3-6,13,19,23-24H,7-12,14H2,1-2H3/t19-,23?,24+/m0/s1. The SMILES string of the molecule is Cc1cc(OCc2ccccc2F)c(C)c2c1CC[C@H]1C(N3CCOCC3)C(=O)O[C@@H]21. The zero-order valence-electron chi connectivity index (χ0n) is 18.0. The molecule has 2 aromatic carbocycles. The Bertz CT molecular complexity index is 1000. The molecule has 0 amide bonds. The van der Waals surface area contributed by atoms with Crippen LogP contribution in [0.1, 0.15) is 40.3 Å². The van der Waals surface area contributed by atoms with Crippen LogP contribution in [-0.2, 0) is 27.3 Å². The molecule has 3 atom stereocenters. The Labute approximate surface area is 182 Å². The summed E-state index contributed by atoms with van der Waals surface area (Å²) in [6, 6.07) is 8.49. The van der Waals surface area contributed by atoms with Crippen LogP contribution in [0, 0.1) is 25.6 Å². The van der Waals surface area contributed by atoms with Gasteiger partial charge in [-0.1, -0.05) is 18.2 Å². The highest BCUT2D eigenvalue weighted by Crippen LogP contribution is 2.49. The maximum atomic E-state index is 14.0. The minimum Gasteiger partial charge on any atom is -0.489 e. The van der Waals surface area contributed by atoms with Crippen LogP contribution in [0.5, 0.6) is 5.75 Å². The van der Waals surface area contributed by atoms with E-state index in [9.17, 15) is 9.18 Å². The molecule has 2 fully saturated rings. The zero-order valence-corrected chi connectivity index (χ0v) is 18.0. The molecule has 0 saturated carbocycles. The minimum absolute atomic E-state index is 0.125. The van der Waals surface area contributed by atoms with E-state index in [1.54, 1.807) is 18.2 Å². The molecule has 0 bridgehead atoms. The number of esters is 1. The average molecular weight is 426 g/mol. The second-order valence-electron chi connectivity index (χ2n) is 8.74. The average Bonchev–Trinajstić information content (AvgIpc) is 3.12.